The number of hydrogen-bond acceptors (Lipinski definition) is 3. The fourth-order valence-corrected chi connectivity index (χ4v) is 2.25. The molecule has 0 aliphatic heterocycles. The largest absolute Gasteiger partial charge is 0.497 e. The number of nitrogens with one attached hydrogen (secondary N) is 1. The fraction of sp³-hybridized carbons (Fsp3) is 0.167. The highest BCUT2D eigenvalue weighted by molar-refractivity contribution is 7.89. The molecule has 0 aliphatic rings. The van der Waals surface area contributed by atoms with Gasteiger partial charge in [0.15, 0.2) is 0 Å². The molecule has 0 aromatic heterocycles. The summed E-state index contributed by atoms with van der Waals surface area (Å²) in [6.07, 6.45) is 3.29. The van der Waals surface area contributed by atoms with Gasteiger partial charge in [-0.25, -0.2) is 8.42 Å². The van der Waals surface area contributed by atoms with E-state index in [0.29, 0.717) is 11.4 Å². The van der Waals surface area contributed by atoms with E-state index in [1.54, 1.807) is 31.2 Å². The summed E-state index contributed by atoms with van der Waals surface area (Å²) in [5, 5.41) is 0. The Hall–Kier alpha value is -1.75. The van der Waals surface area contributed by atoms with E-state index in [-0.39, 0.29) is 4.90 Å². The number of sulfonamides is 1. The molecule has 0 aliphatic carbocycles. The molecule has 1 N–H and O–H groups in total. The number of allylic oxidation sites excluding steroid dienone is 2. The van der Waals surface area contributed by atoms with Gasteiger partial charge in [-0.3, -0.25) is 4.72 Å². The first kappa shape index (κ1) is 13.3. The van der Waals surface area contributed by atoms with Gasteiger partial charge in [0.2, 0.25) is 0 Å². The summed E-state index contributed by atoms with van der Waals surface area (Å²) in [4.78, 5) is 0.170. The zero-order valence-electron chi connectivity index (χ0n) is 9.80. The Morgan fingerprint density at radius 3 is 2.41 bits per heavy atom. The van der Waals surface area contributed by atoms with Crippen LogP contribution in [-0.2, 0) is 10.0 Å². The minimum Gasteiger partial charge on any atom is -0.497 e. The van der Waals surface area contributed by atoms with Crippen molar-refractivity contribution in [2.24, 2.45) is 0 Å². The lowest BCUT2D eigenvalue weighted by molar-refractivity contribution is 0.414. The van der Waals surface area contributed by atoms with Crippen LogP contribution in [0.15, 0.2) is 53.6 Å². The van der Waals surface area contributed by atoms with Crippen LogP contribution in [0.1, 0.15) is 6.92 Å². The van der Waals surface area contributed by atoms with E-state index in [2.05, 4.69) is 11.3 Å². The Morgan fingerprint density at radius 1 is 1.35 bits per heavy atom. The van der Waals surface area contributed by atoms with Crippen LogP contribution in [0.3, 0.4) is 0 Å². The van der Waals surface area contributed by atoms with Gasteiger partial charge in [-0.15, -0.1) is 0 Å². The molecule has 0 atom stereocenters. The zero-order valence-corrected chi connectivity index (χ0v) is 10.6. The third kappa shape index (κ3) is 3.64. The summed E-state index contributed by atoms with van der Waals surface area (Å²) in [5.41, 5.74) is 0.323. The lowest BCUT2D eigenvalue weighted by Crippen LogP contribution is -2.21. The Kier molecular flexibility index (Phi) is 4.34. The van der Waals surface area contributed by atoms with Gasteiger partial charge in [0.25, 0.3) is 10.0 Å². The lowest BCUT2D eigenvalue weighted by Gasteiger charge is -2.08. The molecule has 0 amide bonds. The van der Waals surface area contributed by atoms with E-state index in [1.807, 2.05) is 0 Å². The van der Waals surface area contributed by atoms with Gasteiger partial charge >= 0.3 is 0 Å². The molecule has 0 unspecified atom stereocenters. The summed E-state index contributed by atoms with van der Waals surface area (Å²) in [6, 6.07) is 6.13. The molecule has 0 saturated heterocycles. The molecular weight excluding hydrogens is 238 g/mol. The average Bonchev–Trinajstić information content (AvgIpc) is 2.28. The van der Waals surface area contributed by atoms with E-state index in [9.17, 15) is 8.42 Å². The third-order valence-electron chi connectivity index (χ3n) is 2.00. The van der Waals surface area contributed by atoms with E-state index in [1.165, 1.54) is 19.2 Å². The maximum absolute atomic E-state index is 11.9. The van der Waals surface area contributed by atoms with Crippen LogP contribution in [0, 0.1) is 0 Å². The van der Waals surface area contributed by atoms with Crippen molar-refractivity contribution in [1.29, 1.82) is 0 Å². The molecule has 1 aromatic rings. The molecule has 0 radical (unpaired) electrons. The fourth-order valence-electron chi connectivity index (χ4n) is 1.22. The quantitative estimate of drug-likeness (QED) is 0.817. The molecule has 1 rings (SSSR count). The molecule has 92 valence electrons. The van der Waals surface area contributed by atoms with Gasteiger partial charge < -0.3 is 4.74 Å². The molecule has 0 bridgehead atoms. The smallest absolute Gasteiger partial charge is 0.261 e. The Morgan fingerprint density at radius 2 is 1.94 bits per heavy atom. The highest BCUT2D eigenvalue weighted by Crippen LogP contribution is 2.15. The van der Waals surface area contributed by atoms with Gasteiger partial charge in [0.05, 0.1) is 12.0 Å². The first-order chi connectivity index (χ1) is 7.99. The zero-order chi connectivity index (χ0) is 12.9. The van der Waals surface area contributed by atoms with Gasteiger partial charge in [-0.1, -0.05) is 12.7 Å². The summed E-state index contributed by atoms with van der Waals surface area (Å²) in [6.45, 7) is 5.37. The third-order valence-corrected chi connectivity index (χ3v) is 3.43. The van der Waals surface area contributed by atoms with E-state index in [0.717, 1.165) is 0 Å². The molecule has 0 fully saturated rings. The molecule has 0 saturated carbocycles. The molecule has 1 aromatic carbocycles. The predicted octanol–water partition coefficient (Wildman–Crippen LogP) is 2.06. The molecule has 5 heteroatoms. The molecule has 4 nitrogen and oxygen atoms in total. The number of ether oxygens (including phenoxy) is 1. The van der Waals surface area contributed by atoms with Crippen LogP contribution in [0.25, 0.3) is 0 Å². The van der Waals surface area contributed by atoms with Crippen molar-refractivity contribution >= 4 is 10.0 Å². The van der Waals surface area contributed by atoms with Gasteiger partial charge in [0.1, 0.15) is 5.75 Å². The van der Waals surface area contributed by atoms with Crippen LogP contribution < -0.4 is 9.46 Å². The van der Waals surface area contributed by atoms with E-state index >= 15 is 0 Å². The van der Waals surface area contributed by atoms with Crippen LogP contribution in [0.5, 0.6) is 5.75 Å². The van der Waals surface area contributed by atoms with E-state index < -0.39 is 10.0 Å². The number of rotatable bonds is 5. The van der Waals surface area contributed by atoms with Crippen molar-refractivity contribution in [2.45, 2.75) is 11.8 Å². The highest BCUT2D eigenvalue weighted by atomic mass is 32.2. The minimum absolute atomic E-state index is 0.170. The second-order valence-corrected chi connectivity index (χ2v) is 4.99. The monoisotopic (exact) mass is 253 g/mol. The second kappa shape index (κ2) is 5.54. The second-order valence-electron chi connectivity index (χ2n) is 3.31. The first-order valence-corrected chi connectivity index (χ1v) is 6.46. The van der Waals surface area contributed by atoms with Gasteiger partial charge in [0, 0.05) is 5.70 Å². The van der Waals surface area contributed by atoms with Gasteiger partial charge in [-0.2, -0.15) is 0 Å². The molecular formula is C12H15NO3S. The summed E-state index contributed by atoms with van der Waals surface area (Å²) in [7, 11) is -2.04. The Bertz CT molecular complexity index is 515. The Labute approximate surface area is 102 Å². The van der Waals surface area contributed by atoms with Crippen molar-refractivity contribution in [1.82, 2.24) is 4.72 Å². The lowest BCUT2D eigenvalue weighted by atomic mass is 10.3. The van der Waals surface area contributed by atoms with Crippen molar-refractivity contribution < 1.29 is 13.2 Å². The minimum atomic E-state index is -3.56. The predicted molar refractivity (Wildman–Crippen MR) is 67.3 cm³/mol. The van der Waals surface area contributed by atoms with Crippen LogP contribution in [0.2, 0.25) is 0 Å². The van der Waals surface area contributed by atoms with Crippen molar-refractivity contribution in [3.63, 3.8) is 0 Å². The van der Waals surface area contributed by atoms with Crippen molar-refractivity contribution in [3.05, 3.63) is 48.7 Å². The van der Waals surface area contributed by atoms with Gasteiger partial charge in [-0.05, 0) is 37.3 Å². The molecule has 0 spiro atoms. The van der Waals surface area contributed by atoms with Crippen LogP contribution in [-0.4, -0.2) is 15.5 Å². The summed E-state index contributed by atoms with van der Waals surface area (Å²) in [5.74, 6) is 0.608. The van der Waals surface area contributed by atoms with Crippen molar-refractivity contribution in [3.8, 4) is 5.75 Å². The molecule has 17 heavy (non-hydrogen) atoms. The maximum atomic E-state index is 11.9. The topological polar surface area (TPSA) is 55.4 Å². The number of hydrogen-bond donors (Lipinski definition) is 1. The van der Waals surface area contributed by atoms with Crippen LogP contribution in [0.4, 0.5) is 0 Å². The highest BCUT2D eigenvalue weighted by Gasteiger charge is 2.13. The normalized spacial score (nSPS) is 11.4. The first-order valence-electron chi connectivity index (χ1n) is 4.98. The average molecular weight is 253 g/mol. The van der Waals surface area contributed by atoms with Crippen LogP contribution >= 0.6 is 0 Å². The summed E-state index contributed by atoms with van der Waals surface area (Å²) >= 11 is 0. The SMILES string of the molecule is C=C(C=CC)NS(=O)(=O)c1ccc(OC)cc1. The standard InChI is InChI=1S/C12H15NO3S/c1-4-5-10(2)13-17(14,15)12-8-6-11(16-3)7-9-12/h4-9,13H,2H2,1,3H3. The number of methoxy groups -OCH3 is 1. The van der Waals surface area contributed by atoms with Crippen molar-refractivity contribution in [2.75, 3.05) is 7.11 Å². The summed E-state index contributed by atoms with van der Waals surface area (Å²) < 4.78 is 31.1. The maximum Gasteiger partial charge on any atom is 0.261 e. The van der Waals surface area contributed by atoms with E-state index in [4.69, 9.17) is 4.74 Å². The molecule has 0 heterocycles. The Balaban J connectivity index is 2.93. The number of benzene rings is 1.